The molecule has 0 aliphatic carbocycles. The summed E-state index contributed by atoms with van der Waals surface area (Å²) < 4.78 is 1.37. The normalized spacial score (nSPS) is 14.2. The molecule has 5 rings (SSSR count). The van der Waals surface area contributed by atoms with Crippen LogP contribution in [0.15, 0.2) is 59.4 Å². The molecule has 4 aromatic rings. The third-order valence-electron chi connectivity index (χ3n) is 5.87. The van der Waals surface area contributed by atoms with Gasteiger partial charge in [-0.15, -0.1) is 0 Å². The van der Waals surface area contributed by atoms with Crippen molar-refractivity contribution in [1.82, 2.24) is 19.5 Å². The van der Waals surface area contributed by atoms with Crippen molar-refractivity contribution in [2.75, 3.05) is 31.1 Å². The number of nitrogens with zero attached hydrogens (tertiary/aromatic N) is 5. The fraction of sp³-hybridized carbons (Fsp3) is 0.250. The topological polar surface area (TPSA) is 70.8 Å². The van der Waals surface area contributed by atoms with Crippen LogP contribution in [0, 0.1) is 13.8 Å². The van der Waals surface area contributed by atoms with Crippen molar-refractivity contribution in [2.45, 2.75) is 13.8 Å². The molecule has 0 radical (unpaired) electrons. The first-order valence-electron chi connectivity index (χ1n) is 10.6. The molecule has 0 N–H and O–H groups in total. The Bertz CT molecular complexity index is 1370. The van der Waals surface area contributed by atoms with Gasteiger partial charge in [0.25, 0.3) is 11.5 Å². The third kappa shape index (κ3) is 3.67. The Morgan fingerprint density at radius 3 is 2.34 bits per heavy atom. The highest BCUT2D eigenvalue weighted by Gasteiger charge is 2.24. The minimum Gasteiger partial charge on any atom is -0.353 e. The van der Waals surface area contributed by atoms with Crippen LogP contribution < -0.4 is 10.5 Å². The van der Waals surface area contributed by atoms with Gasteiger partial charge in [0, 0.05) is 43.4 Å². The number of hydrogen-bond acceptors (Lipinski definition) is 6. The first kappa shape index (κ1) is 20.4. The van der Waals surface area contributed by atoms with Gasteiger partial charge in [-0.05, 0) is 31.0 Å². The summed E-state index contributed by atoms with van der Waals surface area (Å²) in [6, 6.07) is 17.2. The number of rotatable bonds is 3. The van der Waals surface area contributed by atoms with Crippen LogP contribution in [0.1, 0.15) is 21.5 Å². The number of anilines is 1. The number of carbonyl (C=O) groups excluding carboxylic acids is 1. The smallest absolute Gasteiger partial charge is 0.277 e. The van der Waals surface area contributed by atoms with Gasteiger partial charge in [0.1, 0.15) is 10.8 Å². The van der Waals surface area contributed by atoms with E-state index in [-0.39, 0.29) is 11.5 Å². The van der Waals surface area contributed by atoms with Crippen molar-refractivity contribution < 1.29 is 4.79 Å². The van der Waals surface area contributed by atoms with Gasteiger partial charge in [-0.3, -0.25) is 9.59 Å². The zero-order valence-electron chi connectivity index (χ0n) is 18.0. The Balaban J connectivity index is 1.37. The van der Waals surface area contributed by atoms with Crippen LogP contribution in [-0.2, 0) is 0 Å². The lowest BCUT2D eigenvalue weighted by Gasteiger charge is -2.35. The molecule has 0 bridgehead atoms. The average molecular weight is 446 g/mol. The summed E-state index contributed by atoms with van der Waals surface area (Å²) in [5.74, 6) is 0.689. The highest BCUT2D eigenvalue weighted by atomic mass is 32.1. The van der Waals surface area contributed by atoms with Crippen molar-refractivity contribution in [1.29, 1.82) is 0 Å². The first-order chi connectivity index (χ1) is 15.5. The van der Waals surface area contributed by atoms with Crippen molar-refractivity contribution in [2.24, 2.45) is 0 Å². The largest absolute Gasteiger partial charge is 0.353 e. The maximum Gasteiger partial charge on any atom is 0.277 e. The summed E-state index contributed by atoms with van der Waals surface area (Å²) in [4.78, 5) is 34.9. The monoisotopic (exact) mass is 445 g/mol. The van der Waals surface area contributed by atoms with E-state index in [1.165, 1.54) is 21.9 Å². The number of carbonyl (C=O) groups is 1. The molecule has 32 heavy (non-hydrogen) atoms. The van der Waals surface area contributed by atoms with Crippen molar-refractivity contribution in [3.63, 3.8) is 0 Å². The van der Waals surface area contributed by atoms with Crippen molar-refractivity contribution >= 4 is 28.0 Å². The van der Waals surface area contributed by atoms with Gasteiger partial charge in [-0.2, -0.15) is 9.61 Å². The Hall–Kier alpha value is -3.52. The van der Waals surface area contributed by atoms with E-state index in [2.05, 4.69) is 10.00 Å². The van der Waals surface area contributed by atoms with Gasteiger partial charge in [-0.1, -0.05) is 53.8 Å². The average Bonchev–Trinajstić information content (AvgIpc) is 3.24. The number of piperazine rings is 1. The molecule has 1 aliphatic rings. The standard InChI is InChI=1S/C24H23N5O2S/c1-16-7-3-5-9-18(16)22-26-29-21(30)15-20(25-24(29)32-22)27-11-13-28(14-12-27)23(31)19-10-6-4-8-17(19)2/h3-10,15H,11-14H2,1-2H3. The highest BCUT2D eigenvalue weighted by molar-refractivity contribution is 7.19. The molecule has 1 fully saturated rings. The van der Waals surface area contributed by atoms with Crippen LogP contribution >= 0.6 is 11.3 Å². The second kappa shape index (κ2) is 8.20. The molecule has 3 heterocycles. The summed E-state index contributed by atoms with van der Waals surface area (Å²) in [7, 11) is 0. The molecule has 0 saturated carbocycles. The molecule has 0 spiro atoms. The van der Waals surface area contributed by atoms with E-state index in [1.807, 2.05) is 67.3 Å². The molecule has 0 atom stereocenters. The Morgan fingerprint density at radius 1 is 0.938 bits per heavy atom. The van der Waals surface area contributed by atoms with Gasteiger partial charge < -0.3 is 9.80 Å². The molecular formula is C24H23N5O2S. The number of aromatic nitrogens is 3. The highest BCUT2D eigenvalue weighted by Crippen LogP contribution is 2.28. The number of aryl methyl sites for hydroxylation is 2. The molecule has 1 saturated heterocycles. The molecule has 2 aromatic heterocycles. The van der Waals surface area contributed by atoms with Gasteiger partial charge in [0.05, 0.1) is 0 Å². The minimum absolute atomic E-state index is 0.0524. The van der Waals surface area contributed by atoms with Crippen molar-refractivity contribution in [3.8, 4) is 10.6 Å². The van der Waals surface area contributed by atoms with E-state index in [0.29, 0.717) is 37.0 Å². The second-order valence-corrected chi connectivity index (χ2v) is 8.92. The molecule has 8 heteroatoms. The van der Waals surface area contributed by atoms with E-state index in [1.54, 1.807) is 0 Å². The Kier molecular flexibility index (Phi) is 5.22. The summed E-state index contributed by atoms with van der Waals surface area (Å²) in [6.07, 6.45) is 0. The van der Waals surface area contributed by atoms with Crippen LogP contribution in [0.4, 0.5) is 5.82 Å². The van der Waals surface area contributed by atoms with Crippen LogP contribution in [0.25, 0.3) is 15.5 Å². The summed E-state index contributed by atoms with van der Waals surface area (Å²) in [5.41, 5.74) is 3.64. The number of fused-ring (bicyclic) bond motifs is 1. The van der Waals surface area contributed by atoms with E-state index in [0.717, 1.165) is 27.3 Å². The van der Waals surface area contributed by atoms with Gasteiger partial charge in [0.2, 0.25) is 4.96 Å². The lowest BCUT2D eigenvalue weighted by molar-refractivity contribution is 0.0746. The number of hydrogen-bond donors (Lipinski definition) is 0. The second-order valence-electron chi connectivity index (χ2n) is 7.96. The maximum atomic E-state index is 12.9. The Morgan fingerprint density at radius 2 is 1.62 bits per heavy atom. The van der Waals surface area contributed by atoms with E-state index in [4.69, 9.17) is 4.98 Å². The zero-order valence-corrected chi connectivity index (χ0v) is 18.8. The molecule has 7 nitrogen and oxygen atoms in total. The van der Waals surface area contributed by atoms with Crippen LogP contribution in [0.2, 0.25) is 0 Å². The fourth-order valence-electron chi connectivity index (χ4n) is 4.00. The van der Waals surface area contributed by atoms with E-state index < -0.39 is 0 Å². The lowest BCUT2D eigenvalue weighted by Crippen LogP contribution is -2.49. The Labute approximate surface area is 189 Å². The summed E-state index contributed by atoms with van der Waals surface area (Å²) >= 11 is 1.41. The number of benzene rings is 2. The van der Waals surface area contributed by atoms with Crippen LogP contribution in [0.5, 0.6) is 0 Å². The van der Waals surface area contributed by atoms with E-state index in [9.17, 15) is 9.59 Å². The van der Waals surface area contributed by atoms with Gasteiger partial charge in [-0.25, -0.2) is 4.98 Å². The SMILES string of the molecule is Cc1ccccc1C(=O)N1CCN(c2cc(=O)n3nc(-c4ccccc4C)sc3n2)CC1. The summed E-state index contributed by atoms with van der Waals surface area (Å²) in [5, 5.41) is 5.27. The lowest BCUT2D eigenvalue weighted by atomic mass is 10.1. The molecule has 1 aliphatic heterocycles. The zero-order chi connectivity index (χ0) is 22.2. The maximum absolute atomic E-state index is 12.9. The predicted molar refractivity (Wildman–Crippen MR) is 127 cm³/mol. The third-order valence-corrected chi connectivity index (χ3v) is 6.82. The van der Waals surface area contributed by atoms with Crippen molar-refractivity contribution in [3.05, 3.63) is 81.6 Å². The quantitative estimate of drug-likeness (QED) is 0.483. The van der Waals surface area contributed by atoms with Gasteiger partial charge >= 0.3 is 0 Å². The summed E-state index contributed by atoms with van der Waals surface area (Å²) in [6.45, 7) is 6.42. The predicted octanol–water partition coefficient (Wildman–Crippen LogP) is 3.40. The molecule has 162 valence electrons. The van der Waals surface area contributed by atoms with Crippen LogP contribution in [-0.4, -0.2) is 51.6 Å². The van der Waals surface area contributed by atoms with Crippen LogP contribution in [0.3, 0.4) is 0 Å². The molecule has 0 unspecified atom stereocenters. The minimum atomic E-state index is -0.195. The fourth-order valence-corrected chi connectivity index (χ4v) is 5.00. The first-order valence-corrected chi connectivity index (χ1v) is 11.4. The van der Waals surface area contributed by atoms with E-state index >= 15 is 0 Å². The van der Waals surface area contributed by atoms with Gasteiger partial charge in [0.15, 0.2) is 0 Å². The molecule has 1 amide bonds. The molecular weight excluding hydrogens is 422 g/mol. The molecule has 2 aromatic carbocycles. The number of amides is 1.